The van der Waals surface area contributed by atoms with Crippen molar-refractivity contribution in [3.63, 3.8) is 0 Å². The van der Waals surface area contributed by atoms with Gasteiger partial charge in [0.2, 0.25) is 5.91 Å². The first kappa shape index (κ1) is 30.9. The number of para-hydroxylation sites is 1. The van der Waals surface area contributed by atoms with Crippen LogP contribution in [0.3, 0.4) is 0 Å². The van der Waals surface area contributed by atoms with Crippen molar-refractivity contribution >= 4 is 23.5 Å². The second kappa shape index (κ2) is 13.0. The van der Waals surface area contributed by atoms with Crippen LogP contribution in [0.15, 0.2) is 40.9 Å². The van der Waals surface area contributed by atoms with E-state index < -0.39 is 24.1 Å². The lowest BCUT2D eigenvalue weighted by atomic mass is 9.82. The third-order valence-corrected chi connectivity index (χ3v) is 8.97. The normalized spacial score (nSPS) is 19.4. The lowest BCUT2D eigenvalue weighted by molar-refractivity contribution is -0.145. The van der Waals surface area contributed by atoms with Gasteiger partial charge in [0.1, 0.15) is 23.7 Å². The van der Waals surface area contributed by atoms with Crippen LogP contribution in [0.5, 0.6) is 11.5 Å². The minimum Gasteiger partial charge on any atom is -0.493 e. The van der Waals surface area contributed by atoms with Gasteiger partial charge in [-0.3, -0.25) is 9.59 Å². The van der Waals surface area contributed by atoms with E-state index in [2.05, 4.69) is 5.16 Å². The number of benzene rings is 2. The molecule has 3 heterocycles. The molecule has 0 spiro atoms. The van der Waals surface area contributed by atoms with Gasteiger partial charge in [0.25, 0.3) is 0 Å². The second-order valence-corrected chi connectivity index (χ2v) is 12.0. The molecule has 5 rings (SSSR count). The Hall–Kier alpha value is -3.56. The number of nitrogens with zero attached hydrogens (tertiary/aromatic N) is 2. The number of likely N-dealkylation sites (tertiary alicyclic amines) is 1. The molecule has 1 saturated heterocycles. The molecule has 230 valence electrons. The molecule has 43 heavy (non-hydrogen) atoms. The van der Waals surface area contributed by atoms with E-state index in [0.717, 1.165) is 22.3 Å². The van der Waals surface area contributed by atoms with E-state index in [0.29, 0.717) is 60.3 Å². The van der Waals surface area contributed by atoms with Crippen molar-refractivity contribution in [3.8, 4) is 22.6 Å². The minimum absolute atomic E-state index is 0.0267. The first-order valence-corrected chi connectivity index (χ1v) is 15.2. The molecule has 10 heteroatoms. The number of ether oxygens (including phenoxy) is 3. The third-order valence-electron chi connectivity index (χ3n) is 8.73. The monoisotopic (exact) mass is 610 g/mol. The van der Waals surface area contributed by atoms with Crippen molar-refractivity contribution in [2.75, 3.05) is 27.3 Å². The maximum Gasteiger partial charge on any atom is 0.306 e. The van der Waals surface area contributed by atoms with Gasteiger partial charge in [-0.1, -0.05) is 55.7 Å². The Labute approximate surface area is 257 Å². The largest absolute Gasteiger partial charge is 0.493 e. The number of hydrogen-bond donors (Lipinski definition) is 1. The van der Waals surface area contributed by atoms with Crippen LogP contribution in [0.2, 0.25) is 5.02 Å². The number of rotatable bonds is 9. The Bertz CT molecular complexity index is 1480. The number of piperidine rings is 1. The van der Waals surface area contributed by atoms with E-state index >= 15 is 0 Å². The molecule has 0 aliphatic carbocycles. The van der Waals surface area contributed by atoms with Crippen LogP contribution in [-0.2, 0) is 14.3 Å². The molecule has 2 aliphatic heterocycles. The summed E-state index contributed by atoms with van der Waals surface area (Å²) in [6, 6.07) is 11.3. The third kappa shape index (κ3) is 5.97. The summed E-state index contributed by atoms with van der Waals surface area (Å²) < 4.78 is 24.2. The predicted molar refractivity (Wildman–Crippen MR) is 162 cm³/mol. The molecule has 3 unspecified atom stereocenters. The van der Waals surface area contributed by atoms with Crippen molar-refractivity contribution in [3.05, 3.63) is 64.0 Å². The standard InChI is InChI=1S/C33H39ClN2O7/c1-6-21(33(38)39)19-12-14-36(15-13-19)27(37)17-26-29-28(30(18(2)3)43-35-29)22-11-10-20(34)16-24(22)31(42-26)23-8-7-9-25(40-4)32(23)41-5/h7-11,16,18-19,21,26,31H,6,12-15,17H2,1-5H3,(H,38,39). The fourth-order valence-electron chi connectivity index (χ4n) is 6.53. The summed E-state index contributed by atoms with van der Waals surface area (Å²) in [5.74, 6) is 0.641. The molecular weight excluding hydrogens is 572 g/mol. The average molecular weight is 611 g/mol. The zero-order valence-electron chi connectivity index (χ0n) is 25.3. The number of carbonyl (C=O) groups excluding carboxylic acids is 1. The summed E-state index contributed by atoms with van der Waals surface area (Å²) in [5, 5.41) is 14.6. The summed E-state index contributed by atoms with van der Waals surface area (Å²) in [5.41, 5.74) is 3.79. The Morgan fingerprint density at radius 2 is 1.86 bits per heavy atom. The fourth-order valence-corrected chi connectivity index (χ4v) is 6.71. The van der Waals surface area contributed by atoms with Crippen molar-refractivity contribution in [1.29, 1.82) is 0 Å². The van der Waals surface area contributed by atoms with Crippen molar-refractivity contribution in [1.82, 2.24) is 10.1 Å². The second-order valence-electron chi connectivity index (χ2n) is 11.6. The highest BCUT2D eigenvalue weighted by atomic mass is 35.5. The first-order chi connectivity index (χ1) is 20.7. The van der Waals surface area contributed by atoms with E-state index in [9.17, 15) is 14.7 Å². The quantitative estimate of drug-likeness (QED) is 0.275. The number of hydrogen-bond acceptors (Lipinski definition) is 7. The smallest absolute Gasteiger partial charge is 0.306 e. The van der Waals surface area contributed by atoms with Crippen LogP contribution < -0.4 is 9.47 Å². The Morgan fingerprint density at radius 3 is 2.49 bits per heavy atom. The molecule has 2 aliphatic rings. The highest BCUT2D eigenvalue weighted by molar-refractivity contribution is 6.30. The molecule has 3 aromatic rings. The van der Waals surface area contributed by atoms with Crippen LogP contribution in [-0.4, -0.2) is 54.3 Å². The van der Waals surface area contributed by atoms with E-state index in [4.69, 9.17) is 30.3 Å². The van der Waals surface area contributed by atoms with Gasteiger partial charge >= 0.3 is 5.97 Å². The van der Waals surface area contributed by atoms with Crippen LogP contribution in [0.1, 0.15) is 87.2 Å². The molecule has 2 aromatic carbocycles. The number of halogens is 1. The van der Waals surface area contributed by atoms with Gasteiger partial charge < -0.3 is 28.7 Å². The zero-order valence-corrected chi connectivity index (χ0v) is 26.0. The summed E-state index contributed by atoms with van der Waals surface area (Å²) in [6.07, 6.45) is 0.548. The molecule has 1 aromatic heterocycles. The Morgan fingerprint density at radius 1 is 1.12 bits per heavy atom. The zero-order chi connectivity index (χ0) is 30.8. The molecule has 3 atom stereocenters. The van der Waals surface area contributed by atoms with Crippen LogP contribution in [0.25, 0.3) is 11.1 Å². The van der Waals surface area contributed by atoms with Gasteiger partial charge in [-0.05, 0) is 54.5 Å². The van der Waals surface area contributed by atoms with Gasteiger partial charge in [0, 0.05) is 29.6 Å². The number of carboxylic acids is 1. The number of aromatic nitrogens is 1. The lowest BCUT2D eigenvalue weighted by Crippen LogP contribution is -2.41. The van der Waals surface area contributed by atoms with Gasteiger partial charge in [-0.25, -0.2) is 0 Å². The first-order valence-electron chi connectivity index (χ1n) is 14.8. The van der Waals surface area contributed by atoms with Gasteiger partial charge in [-0.15, -0.1) is 0 Å². The maximum absolute atomic E-state index is 13.8. The SMILES string of the molecule is CCC(C(=O)O)C1CCN(C(=O)CC2OC(c3cccc(OC)c3OC)c3cc(Cl)ccc3-c3c2noc3C(C)C)CC1. The molecule has 1 amide bonds. The van der Waals surface area contributed by atoms with Crippen molar-refractivity contribution in [2.24, 2.45) is 11.8 Å². The van der Waals surface area contributed by atoms with Gasteiger partial charge in [-0.2, -0.15) is 0 Å². The molecule has 0 radical (unpaired) electrons. The van der Waals surface area contributed by atoms with Gasteiger partial charge in [0.15, 0.2) is 11.5 Å². The van der Waals surface area contributed by atoms with E-state index in [1.54, 1.807) is 14.2 Å². The van der Waals surface area contributed by atoms with E-state index in [1.165, 1.54) is 0 Å². The lowest BCUT2D eigenvalue weighted by Gasteiger charge is -2.35. The number of carbonyl (C=O) groups is 2. The molecule has 9 nitrogen and oxygen atoms in total. The minimum atomic E-state index is -0.766. The highest BCUT2D eigenvalue weighted by Gasteiger charge is 2.39. The topological polar surface area (TPSA) is 111 Å². The van der Waals surface area contributed by atoms with Crippen LogP contribution >= 0.6 is 11.6 Å². The molecule has 0 saturated carbocycles. The molecule has 1 N–H and O–H groups in total. The summed E-state index contributed by atoms with van der Waals surface area (Å²) in [7, 11) is 3.17. The van der Waals surface area contributed by atoms with Gasteiger partial charge in [0.05, 0.1) is 32.1 Å². The fraction of sp³-hybridized carbons (Fsp3) is 0.485. The maximum atomic E-state index is 13.8. The Balaban J connectivity index is 1.54. The summed E-state index contributed by atoms with van der Waals surface area (Å²) >= 11 is 6.56. The van der Waals surface area contributed by atoms with E-state index in [-0.39, 0.29) is 24.2 Å². The van der Waals surface area contributed by atoms with E-state index in [1.807, 2.05) is 62.1 Å². The Kier molecular flexibility index (Phi) is 9.32. The van der Waals surface area contributed by atoms with Crippen LogP contribution in [0.4, 0.5) is 0 Å². The number of carboxylic acid groups (broad SMARTS) is 1. The average Bonchev–Trinajstić information content (AvgIpc) is 3.39. The molecule has 0 bridgehead atoms. The summed E-state index contributed by atoms with van der Waals surface area (Å²) in [4.78, 5) is 27.3. The highest BCUT2D eigenvalue weighted by Crippen LogP contribution is 2.50. The van der Waals surface area contributed by atoms with Crippen LogP contribution in [0, 0.1) is 11.8 Å². The van der Waals surface area contributed by atoms with Crippen molar-refractivity contribution < 1.29 is 33.4 Å². The number of methoxy groups -OCH3 is 2. The molecular formula is C33H39ClN2O7. The molecule has 1 fully saturated rings. The number of fused-ring (bicyclic) bond motifs is 3. The predicted octanol–water partition coefficient (Wildman–Crippen LogP) is 7.04. The number of aliphatic carboxylic acids is 1. The van der Waals surface area contributed by atoms with Crippen molar-refractivity contribution in [2.45, 2.75) is 64.6 Å². The summed E-state index contributed by atoms with van der Waals surface area (Å²) in [6.45, 7) is 6.99. The number of amides is 1.